The van der Waals surface area contributed by atoms with Gasteiger partial charge in [0.2, 0.25) is 15.9 Å². The van der Waals surface area contributed by atoms with Gasteiger partial charge in [0.15, 0.2) is 0 Å². The first-order chi connectivity index (χ1) is 13.7. The molecule has 0 radical (unpaired) electrons. The molecule has 2 unspecified atom stereocenters. The van der Waals surface area contributed by atoms with Gasteiger partial charge < -0.3 is 10.0 Å². The van der Waals surface area contributed by atoms with Gasteiger partial charge in [0.1, 0.15) is 0 Å². The van der Waals surface area contributed by atoms with Gasteiger partial charge in [0.05, 0.1) is 16.7 Å². The molecule has 1 N–H and O–H groups in total. The fraction of sp³-hybridized carbons (Fsp3) is 0.524. The van der Waals surface area contributed by atoms with Crippen molar-refractivity contribution in [1.82, 2.24) is 9.21 Å². The van der Waals surface area contributed by atoms with Crippen LogP contribution in [0.5, 0.6) is 0 Å². The minimum atomic E-state index is -3.61. The number of sulfonamides is 1. The number of nitrogens with zero attached hydrogens (tertiary/aromatic N) is 2. The third-order valence-electron chi connectivity index (χ3n) is 5.80. The Morgan fingerprint density at radius 2 is 1.52 bits per heavy atom. The first-order valence-corrected chi connectivity index (χ1v) is 11.4. The molecule has 1 heterocycles. The molecule has 0 aromatic heterocycles. The van der Waals surface area contributed by atoms with E-state index in [0.717, 1.165) is 5.56 Å². The summed E-state index contributed by atoms with van der Waals surface area (Å²) in [4.78, 5) is 26.2. The van der Waals surface area contributed by atoms with Gasteiger partial charge in [-0.05, 0) is 36.5 Å². The van der Waals surface area contributed by atoms with E-state index >= 15 is 0 Å². The zero-order valence-corrected chi connectivity index (χ0v) is 17.6. The molecular formula is C21H28N2O5S. The number of carbonyl (C=O) groups excluding carboxylic acids is 1. The molecule has 1 fully saturated rings. The molecule has 1 aromatic carbocycles. The minimum absolute atomic E-state index is 0.194. The SMILES string of the molecule is CC(C)c1ccc(S(=O)(=O)N2CCN(C(=O)C3CC=CCC3C(=O)O)CC2)cc1. The molecule has 1 amide bonds. The lowest BCUT2D eigenvalue weighted by Crippen LogP contribution is -2.53. The summed E-state index contributed by atoms with van der Waals surface area (Å²) in [5.41, 5.74) is 1.08. The molecule has 158 valence electrons. The number of piperazine rings is 1. The zero-order valence-electron chi connectivity index (χ0n) is 16.8. The number of amides is 1. The zero-order chi connectivity index (χ0) is 21.2. The number of carbonyl (C=O) groups is 2. The highest BCUT2D eigenvalue weighted by atomic mass is 32.2. The highest BCUT2D eigenvalue weighted by Gasteiger charge is 2.38. The maximum Gasteiger partial charge on any atom is 0.307 e. The van der Waals surface area contributed by atoms with Crippen LogP contribution in [0.15, 0.2) is 41.3 Å². The molecule has 2 atom stereocenters. The molecule has 8 heteroatoms. The average Bonchev–Trinajstić information content (AvgIpc) is 2.73. The van der Waals surface area contributed by atoms with Gasteiger partial charge in [0, 0.05) is 26.2 Å². The highest BCUT2D eigenvalue weighted by molar-refractivity contribution is 7.89. The number of rotatable bonds is 5. The van der Waals surface area contributed by atoms with Crippen LogP contribution in [-0.2, 0) is 19.6 Å². The van der Waals surface area contributed by atoms with Gasteiger partial charge in [-0.2, -0.15) is 4.31 Å². The Hall–Kier alpha value is -2.19. The Labute approximate surface area is 172 Å². The molecule has 1 saturated heterocycles. The van der Waals surface area contributed by atoms with E-state index < -0.39 is 27.8 Å². The van der Waals surface area contributed by atoms with Crippen molar-refractivity contribution in [2.45, 2.75) is 37.5 Å². The van der Waals surface area contributed by atoms with Crippen LogP contribution in [0.2, 0.25) is 0 Å². The van der Waals surface area contributed by atoms with Crippen LogP contribution in [0.25, 0.3) is 0 Å². The predicted molar refractivity (Wildman–Crippen MR) is 109 cm³/mol. The van der Waals surface area contributed by atoms with Crippen molar-refractivity contribution >= 4 is 21.9 Å². The molecule has 2 aliphatic rings. The van der Waals surface area contributed by atoms with Crippen molar-refractivity contribution in [3.8, 4) is 0 Å². The number of benzene rings is 1. The van der Waals surface area contributed by atoms with Crippen molar-refractivity contribution in [1.29, 1.82) is 0 Å². The van der Waals surface area contributed by atoms with Crippen LogP contribution in [0.3, 0.4) is 0 Å². The fourth-order valence-electron chi connectivity index (χ4n) is 3.92. The van der Waals surface area contributed by atoms with Crippen molar-refractivity contribution in [3.05, 3.63) is 42.0 Å². The van der Waals surface area contributed by atoms with Crippen LogP contribution in [-0.4, -0.2) is 60.8 Å². The lowest BCUT2D eigenvalue weighted by Gasteiger charge is -2.37. The topological polar surface area (TPSA) is 95.0 Å². The molecule has 29 heavy (non-hydrogen) atoms. The first kappa shape index (κ1) is 21.5. The largest absolute Gasteiger partial charge is 0.481 e. The Bertz CT molecular complexity index is 884. The molecule has 0 spiro atoms. The van der Waals surface area contributed by atoms with Crippen LogP contribution in [0.1, 0.15) is 38.2 Å². The fourth-order valence-corrected chi connectivity index (χ4v) is 5.34. The van der Waals surface area contributed by atoms with Gasteiger partial charge >= 0.3 is 5.97 Å². The van der Waals surface area contributed by atoms with E-state index in [-0.39, 0.29) is 37.0 Å². The van der Waals surface area contributed by atoms with Crippen molar-refractivity contribution < 1.29 is 23.1 Å². The smallest absolute Gasteiger partial charge is 0.307 e. The minimum Gasteiger partial charge on any atom is -0.481 e. The third kappa shape index (κ3) is 4.53. The number of carboxylic acid groups (broad SMARTS) is 1. The second kappa shape index (κ2) is 8.67. The monoisotopic (exact) mass is 420 g/mol. The summed E-state index contributed by atoms with van der Waals surface area (Å²) < 4.78 is 27.2. The number of carboxylic acids is 1. The lowest BCUT2D eigenvalue weighted by atomic mass is 9.82. The summed E-state index contributed by atoms with van der Waals surface area (Å²) >= 11 is 0. The second-order valence-corrected chi connectivity index (χ2v) is 9.89. The quantitative estimate of drug-likeness (QED) is 0.738. The molecule has 3 rings (SSSR count). The number of hydrogen-bond acceptors (Lipinski definition) is 4. The van der Waals surface area contributed by atoms with E-state index in [9.17, 15) is 23.1 Å². The molecular weight excluding hydrogens is 392 g/mol. The van der Waals surface area contributed by atoms with Crippen LogP contribution in [0.4, 0.5) is 0 Å². The summed E-state index contributed by atoms with van der Waals surface area (Å²) in [5, 5.41) is 9.39. The number of allylic oxidation sites excluding steroid dienone is 2. The van der Waals surface area contributed by atoms with E-state index in [1.54, 1.807) is 23.1 Å². The molecule has 0 bridgehead atoms. The summed E-state index contributed by atoms with van der Waals surface area (Å²) in [5.74, 6) is -2.12. The maximum atomic E-state index is 12.9. The van der Waals surface area contributed by atoms with E-state index in [1.165, 1.54) is 4.31 Å². The molecule has 1 aromatic rings. The second-order valence-electron chi connectivity index (χ2n) is 7.95. The first-order valence-electron chi connectivity index (χ1n) is 9.98. The normalized spacial score (nSPS) is 23.3. The Morgan fingerprint density at radius 3 is 2.03 bits per heavy atom. The summed E-state index contributed by atoms with van der Waals surface area (Å²) in [6.07, 6.45) is 4.42. The summed E-state index contributed by atoms with van der Waals surface area (Å²) in [7, 11) is -3.61. The van der Waals surface area contributed by atoms with Gasteiger partial charge in [-0.3, -0.25) is 9.59 Å². The van der Waals surface area contributed by atoms with Crippen LogP contribution >= 0.6 is 0 Å². The number of aliphatic carboxylic acids is 1. The standard InChI is InChI=1S/C21H28N2O5S/c1-15(2)16-7-9-17(10-8-16)29(27,28)23-13-11-22(12-14-23)20(24)18-5-3-4-6-19(18)21(25)26/h3-4,7-10,15,18-19H,5-6,11-14H2,1-2H3,(H,25,26). The molecule has 7 nitrogen and oxygen atoms in total. The van der Waals surface area contributed by atoms with Crippen molar-refractivity contribution in [3.63, 3.8) is 0 Å². The third-order valence-corrected chi connectivity index (χ3v) is 7.71. The van der Waals surface area contributed by atoms with E-state index in [1.807, 2.05) is 18.2 Å². The maximum absolute atomic E-state index is 12.9. The van der Waals surface area contributed by atoms with Gasteiger partial charge in [-0.1, -0.05) is 38.1 Å². The number of hydrogen-bond donors (Lipinski definition) is 1. The molecule has 1 aliphatic carbocycles. The molecule has 1 aliphatic heterocycles. The molecule has 0 saturated carbocycles. The van der Waals surface area contributed by atoms with E-state index in [0.29, 0.717) is 18.8 Å². The van der Waals surface area contributed by atoms with Crippen LogP contribution < -0.4 is 0 Å². The average molecular weight is 421 g/mol. The lowest BCUT2D eigenvalue weighted by molar-refractivity contribution is -0.151. The predicted octanol–water partition coefficient (Wildman–Crippen LogP) is 2.31. The van der Waals surface area contributed by atoms with Gasteiger partial charge in [0.25, 0.3) is 0 Å². The Balaban J connectivity index is 1.65. The Morgan fingerprint density at radius 1 is 0.966 bits per heavy atom. The Kier molecular flexibility index (Phi) is 6.43. The van der Waals surface area contributed by atoms with Crippen molar-refractivity contribution in [2.24, 2.45) is 11.8 Å². The highest BCUT2D eigenvalue weighted by Crippen LogP contribution is 2.29. The van der Waals surface area contributed by atoms with Gasteiger partial charge in [-0.25, -0.2) is 8.42 Å². The summed E-state index contributed by atoms with van der Waals surface area (Å²) in [6.45, 7) is 5.07. The van der Waals surface area contributed by atoms with Gasteiger partial charge in [-0.15, -0.1) is 0 Å². The summed E-state index contributed by atoms with van der Waals surface area (Å²) in [6, 6.07) is 6.93. The van der Waals surface area contributed by atoms with E-state index in [2.05, 4.69) is 13.8 Å². The van der Waals surface area contributed by atoms with E-state index in [4.69, 9.17) is 0 Å². The van der Waals surface area contributed by atoms with Crippen molar-refractivity contribution in [2.75, 3.05) is 26.2 Å². The van der Waals surface area contributed by atoms with Crippen LogP contribution in [0, 0.1) is 11.8 Å².